The maximum absolute atomic E-state index is 11.5. The van der Waals surface area contributed by atoms with Gasteiger partial charge < -0.3 is 5.11 Å². The minimum Gasteiger partial charge on any atom is -0.388 e. The highest BCUT2D eigenvalue weighted by molar-refractivity contribution is 14.1. The Hall–Kier alpha value is -1.22. The predicted octanol–water partition coefficient (Wildman–Crippen LogP) is 6.07. The van der Waals surface area contributed by atoms with Gasteiger partial charge in [-0.05, 0) is 72.3 Å². The summed E-state index contributed by atoms with van der Waals surface area (Å²) < 4.78 is -0.331. The highest BCUT2D eigenvalue weighted by atomic mass is 127. The molecule has 0 aliphatic heterocycles. The van der Waals surface area contributed by atoms with Crippen LogP contribution in [0.25, 0.3) is 0 Å². The topological polar surface area (TPSA) is 20.2 Å². The van der Waals surface area contributed by atoms with E-state index in [1.165, 1.54) is 22.3 Å². The molecule has 3 rings (SSSR count). The number of benzene rings is 3. The summed E-state index contributed by atoms with van der Waals surface area (Å²) in [7, 11) is -2.12. The molecule has 0 aliphatic carbocycles. The molecule has 0 aromatic heterocycles. The van der Waals surface area contributed by atoms with E-state index in [1.54, 1.807) is 0 Å². The lowest BCUT2D eigenvalue weighted by Crippen LogP contribution is -2.48. The van der Waals surface area contributed by atoms with Crippen LogP contribution in [0.5, 0.6) is 0 Å². The second-order valence-corrected chi connectivity index (χ2v) is 14.6. The fourth-order valence-electron chi connectivity index (χ4n) is 4.23. The van der Waals surface area contributed by atoms with Crippen LogP contribution in [0.3, 0.4) is 0 Å². The summed E-state index contributed by atoms with van der Waals surface area (Å²) in [5.41, 5.74) is 0. The van der Waals surface area contributed by atoms with E-state index in [0.717, 1.165) is 19.3 Å². The van der Waals surface area contributed by atoms with Gasteiger partial charge in [0.25, 0.3) is 0 Å². The molecular formula is C26H31IOP+. The fourth-order valence-corrected chi connectivity index (χ4v) is 11.9. The van der Waals surface area contributed by atoms with Crippen LogP contribution in [-0.4, -0.2) is 14.4 Å². The SMILES string of the molecule is CCCCCC(O)C(C)(I)[P+](c1ccccc1)(c1ccccc1)c1ccccc1. The number of rotatable bonds is 9. The Morgan fingerprint density at radius 3 is 1.48 bits per heavy atom. The molecule has 0 spiro atoms. The van der Waals surface area contributed by atoms with Gasteiger partial charge in [-0.15, -0.1) is 0 Å². The van der Waals surface area contributed by atoms with Crippen molar-refractivity contribution in [3.8, 4) is 0 Å². The second-order valence-electron chi connectivity index (χ2n) is 7.71. The molecule has 0 amide bonds. The Morgan fingerprint density at radius 2 is 1.14 bits per heavy atom. The number of hydrogen-bond acceptors (Lipinski definition) is 1. The van der Waals surface area contributed by atoms with Gasteiger partial charge in [-0.2, -0.15) is 0 Å². The van der Waals surface area contributed by atoms with Crippen molar-refractivity contribution in [1.29, 1.82) is 0 Å². The van der Waals surface area contributed by atoms with Crippen molar-refractivity contribution in [3.63, 3.8) is 0 Å². The summed E-state index contributed by atoms with van der Waals surface area (Å²) in [6.07, 6.45) is 3.85. The first-order chi connectivity index (χ1) is 14.0. The average Bonchev–Trinajstić information content (AvgIpc) is 2.76. The number of aliphatic hydroxyl groups excluding tert-OH is 1. The predicted molar refractivity (Wildman–Crippen MR) is 138 cm³/mol. The molecule has 29 heavy (non-hydrogen) atoms. The van der Waals surface area contributed by atoms with Crippen molar-refractivity contribution in [2.75, 3.05) is 0 Å². The van der Waals surface area contributed by atoms with Gasteiger partial charge in [0.2, 0.25) is 0 Å². The molecule has 0 aliphatic rings. The normalized spacial score (nSPS) is 14.9. The smallest absolute Gasteiger partial charge is 0.166 e. The van der Waals surface area contributed by atoms with Crippen molar-refractivity contribution in [1.82, 2.24) is 0 Å². The Kier molecular flexibility index (Phi) is 7.90. The van der Waals surface area contributed by atoms with Gasteiger partial charge in [0, 0.05) is 0 Å². The number of unbranched alkanes of at least 4 members (excludes halogenated alkanes) is 2. The van der Waals surface area contributed by atoms with Gasteiger partial charge >= 0.3 is 0 Å². The minimum absolute atomic E-state index is 0.331. The number of alkyl halides is 1. The summed E-state index contributed by atoms with van der Waals surface area (Å²) in [5.74, 6) is 0. The third-order valence-electron chi connectivity index (χ3n) is 5.78. The van der Waals surface area contributed by atoms with E-state index in [9.17, 15) is 5.11 Å². The maximum atomic E-state index is 11.5. The molecule has 0 fully saturated rings. The van der Waals surface area contributed by atoms with E-state index in [1.807, 2.05) is 0 Å². The molecule has 3 heteroatoms. The molecule has 0 heterocycles. The standard InChI is InChI=1S/C26H31IOP/c1-3-4-8-21-25(28)26(2,27)29(22-15-9-5-10-16-22,23-17-11-6-12-18-23)24-19-13-7-14-20-24/h5-7,9-20,25,28H,3-4,8,21H2,1-2H3/q+1. The summed E-state index contributed by atoms with van der Waals surface area (Å²) in [4.78, 5) is 0. The molecule has 2 unspecified atom stereocenters. The molecule has 0 saturated carbocycles. The molecule has 3 aromatic carbocycles. The Morgan fingerprint density at radius 1 is 0.759 bits per heavy atom. The highest BCUT2D eigenvalue weighted by Crippen LogP contribution is 2.70. The lowest BCUT2D eigenvalue weighted by molar-refractivity contribution is 0.156. The molecule has 152 valence electrons. The first-order valence-electron chi connectivity index (χ1n) is 10.5. The Balaban J connectivity index is 2.28. The molecule has 0 bridgehead atoms. The van der Waals surface area contributed by atoms with Crippen LogP contribution in [0.2, 0.25) is 0 Å². The Labute approximate surface area is 190 Å². The van der Waals surface area contributed by atoms with Crippen LogP contribution in [0.15, 0.2) is 91.0 Å². The third kappa shape index (κ3) is 4.45. The first-order valence-corrected chi connectivity index (χ1v) is 13.3. The molecule has 0 saturated heterocycles. The number of hydrogen-bond donors (Lipinski definition) is 1. The van der Waals surface area contributed by atoms with Crippen LogP contribution >= 0.6 is 29.9 Å². The van der Waals surface area contributed by atoms with Gasteiger partial charge in [0.1, 0.15) is 29.3 Å². The van der Waals surface area contributed by atoms with Crippen molar-refractivity contribution in [3.05, 3.63) is 91.0 Å². The zero-order chi connectivity index (χ0) is 20.7. The zero-order valence-electron chi connectivity index (χ0n) is 17.3. The van der Waals surface area contributed by atoms with E-state index >= 15 is 0 Å². The summed E-state index contributed by atoms with van der Waals surface area (Å²) >= 11 is 2.58. The number of halogens is 1. The largest absolute Gasteiger partial charge is 0.388 e. The van der Waals surface area contributed by atoms with Crippen molar-refractivity contribution in [2.24, 2.45) is 0 Å². The zero-order valence-corrected chi connectivity index (χ0v) is 20.4. The van der Waals surface area contributed by atoms with Gasteiger partial charge in [-0.1, -0.05) is 80.8 Å². The van der Waals surface area contributed by atoms with Gasteiger partial charge in [-0.25, -0.2) is 0 Å². The quantitative estimate of drug-likeness (QED) is 0.158. The van der Waals surface area contributed by atoms with Crippen LogP contribution in [0.1, 0.15) is 39.5 Å². The van der Waals surface area contributed by atoms with Gasteiger partial charge in [0.05, 0.1) is 0 Å². The summed E-state index contributed by atoms with van der Waals surface area (Å²) in [6.45, 7) is 4.48. The molecule has 1 N–H and O–H groups in total. The third-order valence-corrected chi connectivity index (χ3v) is 13.5. The van der Waals surface area contributed by atoms with Crippen LogP contribution in [0, 0.1) is 0 Å². The molecule has 1 nitrogen and oxygen atoms in total. The molecular weight excluding hydrogens is 486 g/mol. The van der Waals surface area contributed by atoms with Gasteiger partial charge in [0.15, 0.2) is 3.16 Å². The molecule has 2 atom stereocenters. The van der Waals surface area contributed by atoms with Crippen molar-refractivity contribution < 1.29 is 5.11 Å². The van der Waals surface area contributed by atoms with E-state index in [4.69, 9.17) is 0 Å². The van der Waals surface area contributed by atoms with E-state index in [-0.39, 0.29) is 9.27 Å². The Bertz CT molecular complexity index is 768. The maximum Gasteiger partial charge on any atom is 0.166 e. The van der Waals surface area contributed by atoms with E-state index in [2.05, 4.69) is 127 Å². The monoisotopic (exact) mass is 517 g/mol. The highest BCUT2D eigenvalue weighted by Gasteiger charge is 2.62. The number of aliphatic hydroxyl groups is 1. The van der Waals surface area contributed by atoms with Crippen molar-refractivity contribution in [2.45, 2.75) is 48.8 Å². The lowest BCUT2D eigenvalue weighted by Gasteiger charge is -2.41. The lowest BCUT2D eigenvalue weighted by atomic mass is 10.1. The first kappa shape index (κ1) is 22.5. The molecule has 0 radical (unpaired) electrons. The van der Waals surface area contributed by atoms with Crippen molar-refractivity contribution >= 4 is 45.8 Å². The molecule has 3 aromatic rings. The summed E-state index contributed by atoms with van der Waals surface area (Å²) in [6, 6.07) is 32.5. The minimum atomic E-state index is -2.12. The van der Waals surface area contributed by atoms with Crippen LogP contribution < -0.4 is 15.9 Å². The average molecular weight is 517 g/mol. The summed E-state index contributed by atoms with van der Waals surface area (Å²) in [5, 5.41) is 15.5. The fraction of sp³-hybridized carbons (Fsp3) is 0.308. The van der Waals surface area contributed by atoms with E-state index < -0.39 is 7.26 Å². The van der Waals surface area contributed by atoms with Crippen LogP contribution in [-0.2, 0) is 0 Å². The van der Waals surface area contributed by atoms with Crippen LogP contribution in [0.4, 0.5) is 0 Å². The second kappa shape index (κ2) is 10.2. The van der Waals surface area contributed by atoms with E-state index in [0.29, 0.717) is 0 Å². The van der Waals surface area contributed by atoms with Gasteiger partial charge in [-0.3, -0.25) is 0 Å².